The Balaban J connectivity index is 4.39. The zero-order valence-electron chi connectivity index (χ0n) is 54.2. The molecule has 0 aromatic rings. The number of hydrogen-bond acceptors (Lipinski definition) is 6. The molecule has 83 heavy (non-hydrogen) atoms. The van der Waals surface area contributed by atoms with Gasteiger partial charge in [0.05, 0.1) is 0 Å². The van der Waals surface area contributed by atoms with Gasteiger partial charge in [-0.15, -0.1) is 0 Å². The van der Waals surface area contributed by atoms with Crippen LogP contribution in [0.1, 0.15) is 316 Å². The van der Waals surface area contributed by atoms with E-state index in [0.717, 1.165) is 128 Å². The third-order valence-electron chi connectivity index (χ3n) is 14.6. The first-order valence-corrected chi connectivity index (χ1v) is 34.7. The highest BCUT2D eigenvalue weighted by atomic mass is 16.6. The molecule has 0 aromatic carbocycles. The second-order valence-electron chi connectivity index (χ2n) is 22.7. The fourth-order valence-electron chi connectivity index (χ4n) is 9.49. The lowest BCUT2D eigenvalue weighted by atomic mass is 10.0. The zero-order chi connectivity index (χ0) is 59.9. The Kier molecular flexibility index (Phi) is 66.3. The molecule has 0 spiro atoms. The molecular weight excluding hydrogens is 1020 g/mol. The molecule has 6 nitrogen and oxygen atoms in total. The number of ether oxygens (including phenoxy) is 3. The van der Waals surface area contributed by atoms with E-state index < -0.39 is 6.10 Å². The third-order valence-corrected chi connectivity index (χ3v) is 14.6. The maximum Gasteiger partial charge on any atom is 0.306 e. The van der Waals surface area contributed by atoms with E-state index in [1.54, 1.807) is 0 Å². The number of esters is 3. The van der Waals surface area contributed by atoms with E-state index in [-0.39, 0.29) is 37.5 Å². The summed E-state index contributed by atoms with van der Waals surface area (Å²) in [6, 6.07) is 0. The van der Waals surface area contributed by atoms with E-state index in [2.05, 4.69) is 154 Å². The Labute approximate surface area is 513 Å². The van der Waals surface area contributed by atoms with E-state index in [9.17, 15) is 14.4 Å². The maximum atomic E-state index is 12.9. The van der Waals surface area contributed by atoms with Crippen molar-refractivity contribution >= 4 is 17.9 Å². The monoisotopic (exact) mass is 1150 g/mol. The summed E-state index contributed by atoms with van der Waals surface area (Å²) in [5, 5.41) is 0. The van der Waals surface area contributed by atoms with Crippen LogP contribution >= 0.6 is 0 Å². The lowest BCUT2D eigenvalue weighted by Gasteiger charge is -2.18. The Morgan fingerprint density at radius 1 is 0.253 bits per heavy atom. The number of hydrogen-bond donors (Lipinski definition) is 0. The van der Waals surface area contributed by atoms with Gasteiger partial charge >= 0.3 is 17.9 Å². The smallest absolute Gasteiger partial charge is 0.306 e. The number of carbonyl (C=O) groups excluding carboxylic acids is 3. The van der Waals surface area contributed by atoms with Crippen molar-refractivity contribution < 1.29 is 28.6 Å². The molecule has 1 atom stereocenters. The van der Waals surface area contributed by atoms with Crippen molar-refractivity contribution in [1.29, 1.82) is 0 Å². The van der Waals surface area contributed by atoms with Gasteiger partial charge in [-0.1, -0.05) is 296 Å². The van der Waals surface area contributed by atoms with E-state index in [1.165, 1.54) is 148 Å². The van der Waals surface area contributed by atoms with Crippen LogP contribution in [-0.2, 0) is 28.6 Å². The van der Waals surface area contributed by atoms with E-state index >= 15 is 0 Å². The summed E-state index contributed by atoms with van der Waals surface area (Å²) in [5.74, 6) is -0.924. The lowest BCUT2D eigenvalue weighted by Crippen LogP contribution is -2.30. The Morgan fingerprint density at radius 3 is 0.747 bits per heavy atom. The van der Waals surface area contributed by atoms with Gasteiger partial charge in [-0.05, 0) is 135 Å². The molecule has 0 aliphatic heterocycles. The van der Waals surface area contributed by atoms with Crippen molar-refractivity contribution in [3.8, 4) is 0 Å². The van der Waals surface area contributed by atoms with Crippen molar-refractivity contribution in [2.24, 2.45) is 0 Å². The van der Waals surface area contributed by atoms with Crippen molar-refractivity contribution in [2.75, 3.05) is 13.2 Å². The summed E-state index contributed by atoms with van der Waals surface area (Å²) in [5.41, 5.74) is 0. The number of rotatable bonds is 62. The molecule has 0 bridgehead atoms. The fraction of sp³-hybridized carbons (Fsp3) is 0.675. The minimum atomic E-state index is -0.804. The summed E-state index contributed by atoms with van der Waals surface area (Å²) in [6.45, 7) is 6.38. The van der Waals surface area contributed by atoms with Gasteiger partial charge in [0.25, 0.3) is 0 Å². The van der Waals surface area contributed by atoms with Crippen molar-refractivity contribution in [3.63, 3.8) is 0 Å². The van der Waals surface area contributed by atoms with Crippen molar-refractivity contribution in [2.45, 2.75) is 322 Å². The number of allylic oxidation sites excluding steroid dienone is 22. The predicted molar refractivity (Wildman–Crippen MR) is 362 cm³/mol. The van der Waals surface area contributed by atoms with Crippen LogP contribution in [0.5, 0.6) is 0 Å². The second-order valence-corrected chi connectivity index (χ2v) is 22.7. The highest BCUT2D eigenvalue weighted by Gasteiger charge is 2.19. The molecule has 0 aliphatic rings. The van der Waals surface area contributed by atoms with E-state index in [4.69, 9.17) is 14.2 Å². The lowest BCUT2D eigenvalue weighted by molar-refractivity contribution is -0.167. The molecule has 0 aromatic heterocycles. The average molecular weight is 1150 g/mol. The highest BCUT2D eigenvalue weighted by molar-refractivity contribution is 5.71. The third kappa shape index (κ3) is 68.2. The fourth-order valence-corrected chi connectivity index (χ4v) is 9.49. The van der Waals surface area contributed by atoms with Gasteiger partial charge < -0.3 is 14.2 Å². The predicted octanol–water partition coefficient (Wildman–Crippen LogP) is 24.1. The van der Waals surface area contributed by atoms with Crippen LogP contribution in [0.4, 0.5) is 0 Å². The molecule has 0 rings (SSSR count). The van der Waals surface area contributed by atoms with Crippen LogP contribution in [0.25, 0.3) is 0 Å². The standard InChI is InChI=1S/C77H128O6/c1-4-7-10-13-16-19-22-25-28-31-34-35-36-37-38-39-40-41-44-46-49-52-55-58-61-64-67-70-76(79)82-73-74(83-77(80)71-68-65-62-59-56-53-50-47-43-33-30-27-24-21-18-15-12-9-6-3)72-81-75(78)69-66-63-60-57-54-51-48-45-42-32-29-26-23-20-17-14-11-8-5-2/h7,9-10,12,16-21,25-30,34-35,43,47,53,56,74H,4-6,8,11,13-15,22-24,31-33,36-42,44-46,48-52,54-55,57-73H2,1-3H3/b10-7-,12-9-,19-16-,20-17-,21-18-,28-25-,29-26-,30-27-,35-34-,47-43-,56-53-. The van der Waals surface area contributed by atoms with Crippen LogP contribution in [-0.4, -0.2) is 37.2 Å². The molecule has 0 radical (unpaired) electrons. The molecule has 6 heteroatoms. The summed E-state index contributed by atoms with van der Waals surface area (Å²) in [7, 11) is 0. The molecule has 1 unspecified atom stereocenters. The highest BCUT2D eigenvalue weighted by Crippen LogP contribution is 2.16. The van der Waals surface area contributed by atoms with Crippen molar-refractivity contribution in [3.05, 3.63) is 134 Å². The molecule has 0 saturated carbocycles. The van der Waals surface area contributed by atoms with E-state index in [0.29, 0.717) is 12.8 Å². The van der Waals surface area contributed by atoms with Crippen LogP contribution in [0, 0.1) is 0 Å². The topological polar surface area (TPSA) is 78.9 Å². The van der Waals surface area contributed by atoms with Gasteiger partial charge in [-0.25, -0.2) is 0 Å². The van der Waals surface area contributed by atoms with Crippen LogP contribution in [0.2, 0.25) is 0 Å². The zero-order valence-corrected chi connectivity index (χ0v) is 54.2. The second kappa shape index (κ2) is 70.0. The normalized spacial score (nSPS) is 13.0. The van der Waals surface area contributed by atoms with Gasteiger partial charge in [-0.2, -0.15) is 0 Å². The number of carbonyl (C=O) groups is 3. The van der Waals surface area contributed by atoms with Crippen molar-refractivity contribution in [1.82, 2.24) is 0 Å². The number of unbranched alkanes of at least 4 members (excludes halogenated alkanes) is 29. The molecule has 0 heterocycles. The maximum absolute atomic E-state index is 12.9. The van der Waals surface area contributed by atoms with Gasteiger partial charge in [0.2, 0.25) is 0 Å². The SMILES string of the molecule is CC/C=C\C/C=C\C/C=C\C/C=C\C/C=C\CCCCCC(=O)OC(COC(=O)CCCCCCCCCCC/C=C\C/C=C\CCCCC)COC(=O)CCCCCCCCCCCCCCCC/C=C\C/C=C\C/C=C\C/C=C\CC. The first kappa shape index (κ1) is 78.5. The van der Waals surface area contributed by atoms with Gasteiger partial charge in [0, 0.05) is 19.3 Å². The molecule has 0 amide bonds. The molecule has 0 fully saturated rings. The summed E-state index contributed by atoms with van der Waals surface area (Å²) in [6.07, 6.45) is 98.9. The minimum absolute atomic E-state index is 0.0951. The van der Waals surface area contributed by atoms with Crippen LogP contribution in [0.3, 0.4) is 0 Å². The van der Waals surface area contributed by atoms with Gasteiger partial charge in [0.15, 0.2) is 6.10 Å². The summed E-state index contributed by atoms with van der Waals surface area (Å²) in [4.78, 5) is 38.5. The minimum Gasteiger partial charge on any atom is -0.462 e. The summed E-state index contributed by atoms with van der Waals surface area (Å²) < 4.78 is 17.0. The Morgan fingerprint density at radius 2 is 0.470 bits per heavy atom. The largest absolute Gasteiger partial charge is 0.462 e. The molecular formula is C77H128O6. The summed E-state index contributed by atoms with van der Waals surface area (Å²) >= 11 is 0. The van der Waals surface area contributed by atoms with E-state index in [1.807, 2.05) is 0 Å². The van der Waals surface area contributed by atoms with Crippen LogP contribution < -0.4 is 0 Å². The first-order chi connectivity index (χ1) is 41.0. The molecule has 0 saturated heterocycles. The molecule has 472 valence electrons. The molecule has 0 aliphatic carbocycles. The Hall–Kier alpha value is -4.45. The van der Waals surface area contributed by atoms with Gasteiger partial charge in [-0.3, -0.25) is 14.4 Å². The van der Waals surface area contributed by atoms with Gasteiger partial charge in [0.1, 0.15) is 13.2 Å². The average Bonchev–Trinajstić information content (AvgIpc) is 3.50. The van der Waals surface area contributed by atoms with Crippen LogP contribution in [0.15, 0.2) is 134 Å². The quantitative estimate of drug-likeness (QED) is 0.0261. The Bertz CT molecular complexity index is 1750. The molecule has 0 N–H and O–H groups in total. The first-order valence-electron chi connectivity index (χ1n) is 34.7.